The fourth-order valence-electron chi connectivity index (χ4n) is 2.16. The Morgan fingerprint density at radius 1 is 1.18 bits per heavy atom. The first-order chi connectivity index (χ1) is 10.3. The van der Waals surface area contributed by atoms with Crippen molar-refractivity contribution in [2.24, 2.45) is 11.1 Å². The normalized spacial score (nSPS) is 15.7. The smallest absolute Gasteiger partial charge is 0.264 e. The number of amides is 3. The second-order valence-corrected chi connectivity index (χ2v) is 6.77. The second-order valence-electron chi connectivity index (χ2n) is 5.83. The summed E-state index contributed by atoms with van der Waals surface area (Å²) in [6.45, 7) is 5.14. The molecule has 3 amide bonds. The van der Waals surface area contributed by atoms with Crippen molar-refractivity contribution < 1.29 is 14.4 Å². The van der Waals surface area contributed by atoms with Crippen LogP contribution in [0, 0.1) is 11.8 Å². The largest absolute Gasteiger partial charge is 0.369 e. The van der Waals surface area contributed by atoms with Gasteiger partial charge in [0.25, 0.3) is 5.91 Å². The molecule has 0 atom stereocenters. The Labute approximate surface area is 133 Å². The molecule has 0 bridgehead atoms. The zero-order chi connectivity index (χ0) is 16.3. The molecule has 7 heteroatoms. The van der Waals surface area contributed by atoms with Crippen molar-refractivity contribution in [2.45, 2.75) is 13.8 Å². The van der Waals surface area contributed by atoms with Crippen LogP contribution in [0.4, 0.5) is 0 Å². The Hall–Kier alpha value is -1.89. The molecule has 1 aromatic rings. The number of thiophene rings is 1. The third kappa shape index (κ3) is 3.65. The van der Waals surface area contributed by atoms with Gasteiger partial charge in [0.15, 0.2) is 0 Å². The molecule has 2 N–H and O–H groups in total. The topological polar surface area (TPSA) is 83.7 Å². The first kappa shape index (κ1) is 16.5. The van der Waals surface area contributed by atoms with Crippen molar-refractivity contribution in [2.75, 3.05) is 26.2 Å². The summed E-state index contributed by atoms with van der Waals surface area (Å²) >= 11 is 1.41. The van der Waals surface area contributed by atoms with E-state index >= 15 is 0 Å². The molecule has 119 valence electrons. The highest BCUT2D eigenvalue weighted by Gasteiger charge is 2.32. The van der Waals surface area contributed by atoms with E-state index in [2.05, 4.69) is 0 Å². The average molecular weight is 322 g/mol. The maximum Gasteiger partial charge on any atom is 0.264 e. The lowest BCUT2D eigenvalue weighted by Crippen LogP contribution is -2.51. The molecule has 2 heterocycles. The first-order valence-corrected chi connectivity index (χ1v) is 7.97. The third-order valence-electron chi connectivity index (χ3n) is 3.73. The van der Waals surface area contributed by atoms with Crippen LogP contribution in [0.1, 0.15) is 23.5 Å². The summed E-state index contributed by atoms with van der Waals surface area (Å²) in [5, 5.41) is 1.87. The molecule has 1 fully saturated rings. The third-order valence-corrected chi connectivity index (χ3v) is 4.59. The monoisotopic (exact) mass is 322 g/mol. The number of hydrogen-bond acceptors (Lipinski definition) is 4. The SMILES string of the molecule is CC(C)([CH]C(=O)N1CCN(C(=O)c2cccs2)CC1)C(N)=O. The van der Waals surface area contributed by atoms with Gasteiger partial charge in [-0.1, -0.05) is 19.9 Å². The summed E-state index contributed by atoms with van der Waals surface area (Å²) in [5.74, 6) is -0.747. The maximum absolute atomic E-state index is 12.2. The fourth-order valence-corrected chi connectivity index (χ4v) is 2.85. The standard InChI is InChI=1S/C15H20N3O3S/c1-15(2,14(16)21)10-12(19)17-5-7-18(8-6-17)13(20)11-4-3-9-22-11/h3-4,9-10H,5-8H2,1-2H3,(H2,16,21). The van der Waals surface area contributed by atoms with E-state index in [1.54, 1.807) is 29.7 Å². The Morgan fingerprint density at radius 2 is 1.77 bits per heavy atom. The summed E-state index contributed by atoms with van der Waals surface area (Å²) in [5.41, 5.74) is 4.30. The van der Waals surface area contributed by atoms with Crippen LogP contribution in [0.3, 0.4) is 0 Å². The lowest BCUT2D eigenvalue weighted by Gasteiger charge is -2.35. The molecule has 6 nitrogen and oxygen atoms in total. The molecule has 1 aliphatic rings. The van der Waals surface area contributed by atoms with Crippen molar-refractivity contribution in [1.29, 1.82) is 0 Å². The summed E-state index contributed by atoms with van der Waals surface area (Å²) in [4.78, 5) is 39.8. The number of carbonyl (C=O) groups is 3. The van der Waals surface area contributed by atoms with Crippen molar-refractivity contribution >= 4 is 29.1 Å². The molecular weight excluding hydrogens is 302 g/mol. The van der Waals surface area contributed by atoms with Crippen LogP contribution in [0.2, 0.25) is 0 Å². The molecule has 1 radical (unpaired) electrons. The molecule has 0 spiro atoms. The molecule has 1 aromatic heterocycles. The highest BCUT2D eigenvalue weighted by molar-refractivity contribution is 7.12. The number of hydrogen-bond donors (Lipinski definition) is 1. The van der Waals surface area contributed by atoms with Gasteiger partial charge < -0.3 is 15.5 Å². The number of piperazine rings is 1. The summed E-state index contributed by atoms with van der Waals surface area (Å²) in [6.07, 6.45) is 1.35. The van der Waals surface area contributed by atoms with Crippen molar-refractivity contribution in [1.82, 2.24) is 9.80 Å². The van der Waals surface area contributed by atoms with Gasteiger partial charge >= 0.3 is 0 Å². The molecular formula is C15H20N3O3S. The van der Waals surface area contributed by atoms with Crippen LogP contribution in [-0.2, 0) is 9.59 Å². The van der Waals surface area contributed by atoms with E-state index in [1.165, 1.54) is 17.8 Å². The lowest BCUT2D eigenvalue weighted by atomic mass is 9.88. The molecule has 1 saturated heterocycles. The Kier molecular flexibility index (Phi) is 4.85. The van der Waals surface area contributed by atoms with E-state index in [9.17, 15) is 14.4 Å². The number of rotatable bonds is 4. The van der Waals surface area contributed by atoms with Crippen LogP contribution >= 0.6 is 11.3 Å². The van der Waals surface area contributed by atoms with Crippen molar-refractivity contribution in [3.05, 3.63) is 28.8 Å². The fraction of sp³-hybridized carbons (Fsp3) is 0.467. The van der Waals surface area contributed by atoms with Crippen molar-refractivity contribution in [3.8, 4) is 0 Å². The van der Waals surface area contributed by atoms with E-state index in [4.69, 9.17) is 5.73 Å². The quantitative estimate of drug-likeness (QED) is 0.888. The molecule has 1 aliphatic heterocycles. The zero-order valence-electron chi connectivity index (χ0n) is 12.7. The van der Waals surface area contributed by atoms with Gasteiger partial charge in [-0.2, -0.15) is 0 Å². The van der Waals surface area contributed by atoms with E-state index in [1.807, 2.05) is 11.4 Å². The van der Waals surface area contributed by atoms with Crippen LogP contribution in [0.15, 0.2) is 17.5 Å². The highest BCUT2D eigenvalue weighted by Crippen LogP contribution is 2.20. The lowest BCUT2D eigenvalue weighted by molar-refractivity contribution is -0.134. The number of carbonyl (C=O) groups excluding carboxylic acids is 3. The summed E-state index contributed by atoms with van der Waals surface area (Å²) in [7, 11) is 0. The Bertz CT molecular complexity index is 561. The minimum absolute atomic E-state index is 0.00328. The minimum Gasteiger partial charge on any atom is -0.369 e. The van der Waals surface area contributed by atoms with Crippen LogP contribution < -0.4 is 5.73 Å². The molecule has 2 rings (SSSR count). The van der Waals surface area contributed by atoms with Crippen LogP contribution in [0.25, 0.3) is 0 Å². The van der Waals surface area contributed by atoms with Gasteiger partial charge in [-0.05, 0) is 11.4 Å². The van der Waals surface area contributed by atoms with Crippen LogP contribution in [0.5, 0.6) is 0 Å². The van der Waals surface area contributed by atoms with Gasteiger partial charge in [0, 0.05) is 26.2 Å². The number of primary amides is 1. The van der Waals surface area contributed by atoms with E-state index < -0.39 is 11.3 Å². The highest BCUT2D eigenvalue weighted by atomic mass is 32.1. The summed E-state index contributed by atoms with van der Waals surface area (Å²) < 4.78 is 0. The second kappa shape index (κ2) is 6.48. The summed E-state index contributed by atoms with van der Waals surface area (Å²) in [6, 6.07) is 3.65. The van der Waals surface area contributed by atoms with Crippen molar-refractivity contribution in [3.63, 3.8) is 0 Å². The predicted octanol–water partition coefficient (Wildman–Crippen LogP) is 0.748. The van der Waals surface area contributed by atoms with Gasteiger partial charge in [-0.25, -0.2) is 0 Å². The van der Waals surface area contributed by atoms with E-state index in [0.717, 1.165) is 0 Å². The van der Waals surface area contributed by atoms with E-state index in [-0.39, 0.29) is 11.8 Å². The average Bonchev–Trinajstić information content (AvgIpc) is 3.00. The number of nitrogens with zero attached hydrogens (tertiary/aromatic N) is 2. The molecule has 0 saturated carbocycles. The van der Waals surface area contributed by atoms with Crippen LogP contribution in [-0.4, -0.2) is 53.7 Å². The van der Waals surface area contributed by atoms with Gasteiger partial charge in [0.2, 0.25) is 11.8 Å². The van der Waals surface area contributed by atoms with E-state index in [0.29, 0.717) is 31.1 Å². The van der Waals surface area contributed by atoms with Gasteiger partial charge in [-0.15, -0.1) is 11.3 Å². The Balaban J connectivity index is 1.88. The molecule has 0 aromatic carbocycles. The molecule has 22 heavy (non-hydrogen) atoms. The minimum atomic E-state index is -0.971. The first-order valence-electron chi connectivity index (χ1n) is 7.09. The maximum atomic E-state index is 12.2. The zero-order valence-corrected chi connectivity index (χ0v) is 13.6. The molecule has 0 aliphatic carbocycles. The Morgan fingerprint density at radius 3 is 2.27 bits per heavy atom. The number of nitrogens with two attached hydrogens (primary N) is 1. The predicted molar refractivity (Wildman–Crippen MR) is 84.1 cm³/mol. The van der Waals surface area contributed by atoms with Gasteiger partial charge in [-0.3, -0.25) is 14.4 Å². The van der Waals surface area contributed by atoms with Gasteiger partial charge in [0.1, 0.15) is 0 Å². The molecule has 0 unspecified atom stereocenters. The van der Waals surface area contributed by atoms with Gasteiger partial charge in [0.05, 0.1) is 16.7 Å².